The normalized spacial score (nSPS) is 13.0. The molecule has 0 radical (unpaired) electrons. The van der Waals surface area contributed by atoms with Gasteiger partial charge in [0.2, 0.25) is 0 Å². The summed E-state index contributed by atoms with van der Waals surface area (Å²) >= 11 is 2.90. The molecule has 0 saturated carbocycles. The Hall–Kier alpha value is -0.480. The van der Waals surface area contributed by atoms with E-state index in [2.05, 4.69) is 15.9 Å². The van der Waals surface area contributed by atoms with E-state index >= 15 is 0 Å². The molecule has 0 aliphatic carbocycles. The molecule has 0 aromatic heterocycles. The molecule has 72 valence electrons. The zero-order valence-corrected chi connectivity index (χ0v) is 8.74. The average Bonchev–Trinajstić information content (AvgIpc) is 2.13. The lowest BCUT2D eigenvalue weighted by Gasteiger charge is -2.10. The van der Waals surface area contributed by atoms with Gasteiger partial charge in [-0.1, -0.05) is 13.0 Å². The molecule has 1 rings (SSSR count). The molecule has 0 aliphatic heterocycles. The first kappa shape index (κ1) is 10.6. The quantitative estimate of drug-likeness (QED) is 0.802. The van der Waals surface area contributed by atoms with Gasteiger partial charge in [-0.15, -0.1) is 0 Å². The minimum atomic E-state index is -0.849. The second kappa shape index (κ2) is 4.15. The molecule has 1 aromatic carbocycles. The van der Waals surface area contributed by atoms with Crippen molar-refractivity contribution >= 4 is 15.9 Å². The van der Waals surface area contributed by atoms with Crippen LogP contribution < -0.4 is 5.73 Å². The van der Waals surface area contributed by atoms with Gasteiger partial charge in [0.15, 0.2) is 11.6 Å². The van der Waals surface area contributed by atoms with Gasteiger partial charge in [0.1, 0.15) is 0 Å². The molecule has 0 bridgehead atoms. The summed E-state index contributed by atoms with van der Waals surface area (Å²) in [6, 6.07) is 3.03. The van der Waals surface area contributed by atoms with E-state index in [9.17, 15) is 8.78 Å². The molecule has 0 spiro atoms. The molecule has 0 heterocycles. The first-order chi connectivity index (χ1) is 6.07. The van der Waals surface area contributed by atoms with E-state index in [0.29, 0.717) is 12.1 Å². The highest BCUT2D eigenvalue weighted by Crippen LogP contribution is 2.25. The summed E-state index contributed by atoms with van der Waals surface area (Å²) in [6.07, 6.45) is 0. The standard InChI is InChI=1S/C9H10BrF2N/c1-5(4-13)6-2-3-7(10)9(12)8(6)11/h2-3,5H,4,13H2,1H3. The SMILES string of the molecule is CC(CN)c1ccc(Br)c(F)c1F. The monoisotopic (exact) mass is 249 g/mol. The zero-order valence-electron chi connectivity index (χ0n) is 7.15. The van der Waals surface area contributed by atoms with Crippen LogP contribution in [0.15, 0.2) is 16.6 Å². The lowest BCUT2D eigenvalue weighted by atomic mass is 10.0. The van der Waals surface area contributed by atoms with Crippen molar-refractivity contribution < 1.29 is 8.78 Å². The highest BCUT2D eigenvalue weighted by atomic mass is 79.9. The molecule has 1 nitrogen and oxygen atoms in total. The molecule has 1 unspecified atom stereocenters. The van der Waals surface area contributed by atoms with Crippen molar-refractivity contribution in [2.24, 2.45) is 5.73 Å². The fourth-order valence-electron chi connectivity index (χ4n) is 1.05. The van der Waals surface area contributed by atoms with Crippen LogP contribution in [-0.2, 0) is 0 Å². The Bertz CT molecular complexity index is 315. The van der Waals surface area contributed by atoms with Crippen LogP contribution in [0.25, 0.3) is 0 Å². The molecular weight excluding hydrogens is 240 g/mol. The van der Waals surface area contributed by atoms with Crippen molar-refractivity contribution in [1.29, 1.82) is 0 Å². The fourth-order valence-corrected chi connectivity index (χ4v) is 1.35. The third-order valence-electron chi connectivity index (χ3n) is 1.95. The molecule has 13 heavy (non-hydrogen) atoms. The molecule has 0 aliphatic rings. The summed E-state index contributed by atoms with van der Waals surface area (Å²) in [6.45, 7) is 2.06. The lowest BCUT2D eigenvalue weighted by molar-refractivity contribution is 0.487. The number of halogens is 3. The van der Waals surface area contributed by atoms with Crippen LogP contribution >= 0.6 is 15.9 Å². The molecular formula is C9H10BrF2N. The van der Waals surface area contributed by atoms with E-state index in [0.717, 1.165) is 0 Å². The smallest absolute Gasteiger partial charge is 0.173 e. The predicted molar refractivity (Wildman–Crippen MR) is 51.5 cm³/mol. The highest BCUT2D eigenvalue weighted by Gasteiger charge is 2.15. The van der Waals surface area contributed by atoms with E-state index in [-0.39, 0.29) is 10.4 Å². The van der Waals surface area contributed by atoms with E-state index in [4.69, 9.17) is 5.73 Å². The summed E-state index contributed by atoms with van der Waals surface area (Å²) in [5.41, 5.74) is 5.68. The number of benzene rings is 1. The van der Waals surface area contributed by atoms with Crippen LogP contribution in [-0.4, -0.2) is 6.54 Å². The topological polar surface area (TPSA) is 26.0 Å². The highest BCUT2D eigenvalue weighted by molar-refractivity contribution is 9.10. The largest absolute Gasteiger partial charge is 0.330 e. The molecule has 0 amide bonds. The van der Waals surface area contributed by atoms with Gasteiger partial charge in [0.05, 0.1) is 4.47 Å². The van der Waals surface area contributed by atoms with E-state index in [1.54, 1.807) is 13.0 Å². The summed E-state index contributed by atoms with van der Waals surface area (Å²) in [7, 11) is 0. The average molecular weight is 250 g/mol. The third-order valence-corrected chi connectivity index (χ3v) is 2.56. The third kappa shape index (κ3) is 2.06. The van der Waals surface area contributed by atoms with E-state index < -0.39 is 11.6 Å². The Kier molecular flexibility index (Phi) is 3.39. The van der Waals surface area contributed by atoms with Gasteiger partial charge < -0.3 is 5.73 Å². The molecule has 0 saturated heterocycles. The molecule has 2 N–H and O–H groups in total. The number of hydrogen-bond donors (Lipinski definition) is 1. The lowest BCUT2D eigenvalue weighted by Crippen LogP contribution is -2.11. The first-order valence-electron chi connectivity index (χ1n) is 3.91. The van der Waals surface area contributed by atoms with Crippen LogP contribution in [0.3, 0.4) is 0 Å². The van der Waals surface area contributed by atoms with Gasteiger partial charge in [0.25, 0.3) is 0 Å². The maximum absolute atomic E-state index is 13.2. The van der Waals surface area contributed by atoms with E-state index in [1.165, 1.54) is 6.07 Å². The maximum atomic E-state index is 13.2. The van der Waals surface area contributed by atoms with Gasteiger partial charge in [-0.05, 0) is 40.0 Å². The molecule has 1 aromatic rings. The zero-order chi connectivity index (χ0) is 10.0. The first-order valence-corrected chi connectivity index (χ1v) is 4.70. The Balaban J connectivity index is 3.18. The van der Waals surface area contributed by atoms with Crippen molar-refractivity contribution in [1.82, 2.24) is 0 Å². The maximum Gasteiger partial charge on any atom is 0.173 e. The van der Waals surface area contributed by atoms with Gasteiger partial charge in [0, 0.05) is 0 Å². The van der Waals surface area contributed by atoms with Crippen LogP contribution in [0.4, 0.5) is 8.78 Å². The second-order valence-electron chi connectivity index (χ2n) is 2.90. The minimum absolute atomic E-state index is 0.137. The van der Waals surface area contributed by atoms with Gasteiger partial charge in [-0.3, -0.25) is 0 Å². The fraction of sp³-hybridized carbons (Fsp3) is 0.333. The second-order valence-corrected chi connectivity index (χ2v) is 3.76. The number of rotatable bonds is 2. The van der Waals surface area contributed by atoms with Gasteiger partial charge >= 0.3 is 0 Å². The van der Waals surface area contributed by atoms with Crippen LogP contribution in [0.1, 0.15) is 18.4 Å². The Morgan fingerprint density at radius 2 is 2.00 bits per heavy atom. The van der Waals surface area contributed by atoms with Crippen molar-refractivity contribution in [3.8, 4) is 0 Å². The summed E-state index contributed by atoms with van der Waals surface area (Å²) < 4.78 is 26.4. The predicted octanol–water partition coefficient (Wildman–Crippen LogP) is 2.79. The summed E-state index contributed by atoms with van der Waals surface area (Å²) in [5, 5.41) is 0. The Morgan fingerprint density at radius 3 is 2.54 bits per heavy atom. The Labute approximate surface area is 84.1 Å². The van der Waals surface area contributed by atoms with E-state index in [1.807, 2.05) is 0 Å². The summed E-state index contributed by atoms with van der Waals surface area (Å²) in [5.74, 6) is -1.83. The summed E-state index contributed by atoms with van der Waals surface area (Å²) in [4.78, 5) is 0. The van der Waals surface area contributed by atoms with Gasteiger partial charge in [-0.2, -0.15) is 0 Å². The Morgan fingerprint density at radius 1 is 1.38 bits per heavy atom. The van der Waals surface area contributed by atoms with Crippen LogP contribution in [0, 0.1) is 11.6 Å². The molecule has 0 fully saturated rings. The van der Waals surface area contributed by atoms with Gasteiger partial charge in [-0.25, -0.2) is 8.78 Å². The molecule has 4 heteroatoms. The minimum Gasteiger partial charge on any atom is -0.330 e. The number of hydrogen-bond acceptors (Lipinski definition) is 1. The van der Waals surface area contributed by atoms with Crippen LogP contribution in [0.2, 0.25) is 0 Å². The number of nitrogens with two attached hydrogens (primary N) is 1. The van der Waals surface area contributed by atoms with Crippen LogP contribution in [0.5, 0.6) is 0 Å². The molecule has 1 atom stereocenters. The van der Waals surface area contributed by atoms with Crippen molar-refractivity contribution in [2.45, 2.75) is 12.8 Å². The van der Waals surface area contributed by atoms with Crippen molar-refractivity contribution in [3.05, 3.63) is 33.8 Å². The van der Waals surface area contributed by atoms with Crippen molar-refractivity contribution in [2.75, 3.05) is 6.54 Å². The van der Waals surface area contributed by atoms with Crippen molar-refractivity contribution in [3.63, 3.8) is 0 Å².